The van der Waals surface area contributed by atoms with Crippen molar-refractivity contribution in [3.8, 4) is 5.75 Å². The van der Waals surface area contributed by atoms with E-state index in [9.17, 15) is 9.59 Å². The zero-order valence-corrected chi connectivity index (χ0v) is 16.5. The van der Waals surface area contributed by atoms with Crippen molar-refractivity contribution in [3.05, 3.63) is 29.3 Å². The highest BCUT2D eigenvalue weighted by molar-refractivity contribution is 5.79. The molecule has 1 aromatic rings. The molecule has 1 saturated carbocycles. The summed E-state index contributed by atoms with van der Waals surface area (Å²) in [5, 5.41) is 5.85. The number of hydrogen-bond donors (Lipinski definition) is 2. The van der Waals surface area contributed by atoms with Crippen molar-refractivity contribution in [2.45, 2.75) is 64.3 Å². The zero-order chi connectivity index (χ0) is 19.2. The molecule has 5 heteroatoms. The molecule has 1 aromatic carbocycles. The Morgan fingerprint density at radius 3 is 2.50 bits per heavy atom. The molecule has 1 aliphatic rings. The lowest BCUT2D eigenvalue weighted by atomic mass is 9.86. The van der Waals surface area contributed by atoms with Gasteiger partial charge in [0.25, 0.3) is 0 Å². The van der Waals surface area contributed by atoms with Gasteiger partial charge < -0.3 is 15.4 Å². The number of rotatable bonds is 7. The second-order valence-electron chi connectivity index (χ2n) is 7.65. The van der Waals surface area contributed by atoms with Gasteiger partial charge in [-0.15, -0.1) is 0 Å². The predicted molar refractivity (Wildman–Crippen MR) is 103 cm³/mol. The van der Waals surface area contributed by atoms with Gasteiger partial charge in [0.05, 0.1) is 12.6 Å². The first-order valence-corrected chi connectivity index (χ1v) is 9.57. The molecule has 26 heavy (non-hydrogen) atoms. The fraction of sp³-hybridized carbons (Fsp3) is 0.619. The van der Waals surface area contributed by atoms with Gasteiger partial charge in [-0.3, -0.25) is 9.59 Å². The summed E-state index contributed by atoms with van der Waals surface area (Å²) >= 11 is 0. The molecule has 5 nitrogen and oxygen atoms in total. The van der Waals surface area contributed by atoms with Crippen LogP contribution in [-0.4, -0.2) is 26.0 Å². The molecule has 2 N–H and O–H groups in total. The van der Waals surface area contributed by atoms with Gasteiger partial charge in [-0.2, -0.15) is 0 Å². The first kappa shape index (κ1) is 20.3. The third kappa shape index (κ3) is 5.23. The van der Waals surface area contributed by atoms with Crippen molar-refractivity contribution in [1.29, 1.82) is 0 Å². The highest BCUT2D eigenvalue weighted by atomic mass is 16.5. The van der Waals surface area contributed by atoms with Crippen molar-refractivity contribution in [2.24, 2.45) is 5.92 Å². The molecule has 0 atom stereocenters. The fourth-order valence-corrected chi connectivity index (χ4v) is 3.56. The van der Waals surface area contributed by atoms with Gasteiger partial charge in [0, 0.05) is 19.4 Å². The van der Waals surface area contributed by atoms with E-state index in [4.69, 9.17) is 4.74 Å². The lowest BCUT2D eigenvalue weighted by Gasteiger charge is -2.31. The first-order valence-electron chi connectivity index (χ1n) is 9.57. The van der Waals surface area contributed by atoms with E-state index in [1.165, 1.54) is 6.42 Å². The van der Waals surface area contributed by atoms with Gasteiger partial charge in [-0.25, -0.2) is 0 Å². The van der Waals surface area contributed by atoms with Gasteiger partial charge in [-0.05, 0) is 50.3 Å². The topological polar surface area (TPSA) is 67.4 Å². The molecule has 0 saturated heterocycles. The second-order valence-corrected chi connectivity index (χ2v) is 7.65. The normalized spacial score (nSPS) is 15.4. The smallest absolute Gasteiger partial charge is 0.223 e. The molecule has 0 bridgehead atoms. The summed E-state index contributed by atoms with van der Waals surface area (Å²) in [6.07, 6.45) is 6.56. The summed E-state index contributed by atoms with van der Waals surface area (Å²) < 4.78 is 5.52. The summed E-state index contributed by atoms with van der Waals surface area (Å²) in [5.74, 6) is 1.05. The van der Waals surface area contributed by atoms with Gasteiger partial charge in [0.15, 0.2) is 0 Å². The van der Waals surface area contributed by atoms with E-state index in [0.717, 1.165) is 42.6 Å². The van der Waals surface area contributed by atoms with Crippen LogP contribution >= 0.6 is 0 Å². The van der Waals surface area contributed by atoms with Crippen LogP contribution in [-0.2, 0) is 21.5 Å². The number of ether oxygens (including phenoxy) is 1. The third-order valence-electron chi connectivity index (χ3n) is 5.32. The summed E-state index contributed by atoms with van der Waals surface area (Å²) in [6, 6.07) is 5.98. The number of carbonyl (C=O) groups excluding carboxylic acids is 2. The van der Waals surface area contributed by atoms with Gasteiger partial charge in [0.1, 0.15) is 5.75 Å². The van der Waals surface area contributed by atoms with Gasteiger partial charge in [-0.1, -0.05) is 31.4 Å². The quantitative estimate of drug-likeness (QED) is 0.784. The molecular weight excluding hydrogens is 328 g/mol. The summed E-state index contributed by atoms with van der Waals surface area (Å²) in [4.78, 5) is 24.1. The SMILES string of the molecule is CNC(=O)CCc1ccc(C(C)(C)NC(=O)C2CCCCC2)cc1OC. The summed E-state index contributed by atoms with van der Waals surface area (Å²) in [5.41, 5.74) is 1.53. The van der Waals surface area contributed by atoms with Crippen LogP contribution < -0.4 is 15.4 Å². The number of benzene rings is 1. The van der Waals surface area contributed by atoms with Crippen LogP contribution in [0, 0.1) is 5.92 Å². The number of amides is 2. The van der Waals surface area contributed by atoms with E-state index in [-0.39, 0.29) is 17.7 Å². The first-order chi connectivity index (χ1) is 12.4. The molecule has 2 amide bonds. The molecule has 0 heterocycles. The number of hydrogen-bond acceptors (Lipinski definition) is 3. The molecule has 1 aliphatic carbocycles. The predicted octanol–water partition coefficient (Wildman–Crippen LogP) is 3.31. The number of aryl methyl sites for hydroxylation is 1. The molecule has 0 aromatic heterocycles. The highest BCUT2D eigenvalue weighted by Gasteiger charge is 2.28. The van der Waals surface area contributed by atoms with Crippen molar-refractivity contribution in [1.82, 2.24) is 10.6 Å². The summed E-state index contributed by atoms with van der Waals surface area (Å²) in [7, 11) is 3.27. The molecule has 0 aliphatic heterocycles. The van der Waals surface area contributed by atoms with Crippen molar-refractivity contribution in [3.63, 3.8) is 0 Å². The Balaban J connectivity index is 2.10. The maximum absolute atomic E-state index is 12.6. The number of carbonyl (C=O) groups is 2. The minimum absolute atomic E-state index is 0.0104. The third-order valence-corrected chi connectivity index (χ3v) is 5.32. The van der Waals surface area contributed by atoms with E-state index in [1.54, 1.807) is 14.2 Å². The largest absolute Gasteiger partial charge is 0.496 e. The van der Waals surface area contributed by atoms with E-state index in [2.05, 4.69) is 10.6 Å². The lowest BCUT2D eigenvalue weighted by molar-refractivity contribution is -0.127. The van der Waals surface area contributed by atoms with Crippen LogP contribution in [0.3, 0.4) is 0 Å². The van der Waals surface area contributed by atoms with Crippen molar-refractivity contribution >= 4 is 11.8 Å². The average molecular weight is 360 g/mol. The fourth-order valence-electron chi connectivity index (χ4n) is 3.56. The second kappa shape index (κ2) is 9.06. The minimum atomic E-state index is -0.471. The lowest BCUT2D eigenvalue weighted by Crippen LogP contribution is -2.44. The number of nitrogens with one attached hydrogen (secondary N) is 2. The monoisotopic (exact) mass is 360 g/mol. The van der Waals surface area contributed by atoms with E-state index >= 15 is 0 Å². The van der Waals surface area contributed by atoms with Gasteiger partial charge in [0.2, 0.25) is 11.8 Å². The van der Waals surface area contributed by atoms with Gasteiger partial charge >= 0.3 is 0 Å². The maximum atomic E-state index is 12.6. The van der Waals surface area contributed by atoms with E-state index in [0.29, 0.717) is 12.8 Å². The Morgan fingerprint density at radius 2 is 1.88 bits per heavy atom. The Labute approximate surface area is 156 Å². The van der Waals surface area contributed by atoms with Crippen LogP contribution in [0.15, 0.2) is 18.2 Å². The molecule has 1 fully saturated rings. The maximum Gasteiger partial charge on any atom is 0.223 e. The average Bonchev–Trinajstić information content (AvgIpc) is 2.66. The Hall–Kier alpha value is -2.04. The Bertz CT molecular complexity index is 634. The van der Waals surface area contributed by atoms with Crippen LogP contribution in [0.4, 0.5) is 0 Å². The molecule has 0 unspecified atom stereocenters. The van der Waals surface area contributed by atoms with Crippen LogP contribution in [0.1, 0.15) is 63.5 Å². The molecule has 0 spiro atoms. The number of methoxy groups -OCH3 is 1. The molecule has 0 radical (unpaired) electrons. The Kier molecular flexibility index (Phi) is 7.06. The van der Waals surface area contributed by atoms with Crippen LogP contribution in [0.25, 0.3) is 0 Å². The van der Waals surface area contributed by atoms with Crippen LogP contribution in [0.2, 0.25) is 0 Å². The molecule has 2 rings (SSSR count). The van der Waals surface area contributed by atoms with E-state index < -0.39 is 5.54 Å². The zero-order valence-electron chi connectivity index (χ0n) is 16.5. The van der Waals surface area contributed by atoms with Crippen molar-refractivity contribution < 1.29 is 14.3 Å². The minimum Gasteiger partial charge on any atom is -0.496 e. The van der Waals surface area contributed by atoms with Crippen molar-refractivity contribution in [2.75, 3.05) is 14.2 Å². The summed E-state index contributed by atoms with van der Waals surface area (Å²) in [6.45, 7) is 4.04. The highest BCUT2D eigenvalue weighted by Crippen LogP contribution is 2.30. The molecular formula is C21H32N2O3. The van der Waals surface area contributed by atoms with E-state index in [1.807, 2.05) is 32.0 Å². The van der Waals surface area contributed by atoms with Crippen LogP contribution in [0.5, 0.6) is 5.75 Å². The standard InChI is InChI=1S/C21H32N2O3/c1-21(2,23-20(25)16-8-6-5-7-9-16)17-12-10-15(18(14-17)26-4)11-13-19(24)22-3/h10,12,14,16H,5-9,11,13H2,1-4H3,(H,22,24)(H,23,25). The Morgan fingerprint density at radius 1 is 1.19 bits per heavy atom. The molecule has 144 valence electrons.